The number of H-pyrrole nitrogens is 1. The van der Waals surface area contributed by atoms with Crippen molar-refractivity contribution in [2.24, 2.45) is 0 Å². The summed E-state index contributed by atoms with van der Waals surface area (Å²) >= 11 is 7.58. The molecule has 4 rings (SSSR count). The highest BCUT2D eigenvalue weighted by atomic mass is 35.5. The Morgan fingerprint density at radius 3 is 2.69 bits per heavy atom. The van der Waals surface area contributed by atoms with Crippen molar-refractivity contribution in [3.63, 3.8) is 0 Å². The summed E-state index contributed by atoms with van der Waals surface area (Å²) in [5, 5.41) is 11.0. The number of piperidine rings is 1. The topological polar surface area (TPSA) is 44.0 Å². The van der Waals surface area contributed by atoms with Crippen LogP contribution >= 0.6 is 22.9 Å². The second kappa shape index (κ2) is 8.25. The first-order valence-electron chi connectivity index (χ1n) is 9.06. The molecule has 26 heavy (non-hydrogen) atoms. The summed E-state index contributed by atoms with van der Waals surface area (Å²) in [6.45, 7) is 4.08. The van der Waals surface area contributed by atoms with Crippen molar-refractivity contribution in [3.05, 3.63) is 69.0 Å². The molecule has 6 heteroatoms. The highest BCUT2D eigenvalue weighted by Gasteiger charge is 2.22. The molecule has 1 aliphatic rings. The molecule has 0 unspecified atom stereocenters. The van der Waals surface area contributed by atoms with E-state index in [1.165, 1.54) is 29.0 Å². The van der Waals surface area contributed by atoms with Crippen molar-refractivity contribution in [2.75, 3.05) is 18.4 Å². The molecule has 0 saturated carbocycles. The highest BCUT2D eigenvalue weighted by molar-refractivity contribution is 7.16. The Balaban J connectivity index is 1.27. The third kappa shape index (κ3) is 4.47. The normalized spacial score (nSPS) is 16.0. The molecule has 1 fully saturated rings. The quantitative estimate of drug-likeness (QED) is 0.618. The number of hydrogen-bond acceptors (Lipinski definition) is 4. The van der Waals surface area contributed by atoms with Crippen molar-refractivity contribution in [3.8, 4) is 0 Å². The zero-order valence-corrected chi connectivity index (χ0v) is 16.2. The van der Waals surface area contributed by atoms with Crippen molar-refractivity contribution in [1.82, 2.24) is 15.1 Å². The van der Waals surface area contributed by atoms with Crippen LogP contribution in [-0.4, -0.2) is 28.2 Å². The van der Waals surface area contributed by atoms with Gasteiger partial charge in [-0.3, -0.25) is 10.00 Å². The molecule has 0 atom stereocenters. The zero-order chi connectivity index (χ0) is 17.8. The number of thiophene rings is 1. The van der Waals surface area contributed by atoms with Crippen LogP contribution in [0, 0.1) is 0 Å². The second-order valence-electron chi connectivity index (χ2n) is 6.80. The smallest absolute Gasteiger partial charge is 0.148 e. The Hall–Kier alpha value is -1.82. The molecule has 1 saturated heterocycles. The Morgan fingerprint density at radius 2 is 1.96 bits per heavy atom. The van der Waals surface area contributed by atoms with Gasteiger partial charge in [0.05, 0.1) is 10.9 Å². The van der Waals surface area contributed by atoms with Crippen molar-refractivity contribution >= 4 is 28.8 Å². The number of benzene rings is 1. The molecule has 1 aliphatic heterocycles. The van der Waals surface area contributed by atoms with Crippen LogP contribution in [0.3, 0.4) is 0 Å². The van der Waals surface area contributed by atoms with Gasteiger partial charge >= 0.3 is 0 Å². The molecule has 0 radical (unpaired) electrons. The highest BCUT2D eigenvalue weighted by Crippen LogP contribution is 2.29. The summed E-state index contributed by atoms with van der Waals surface area (Å²) in [7, 11) is 0. The lowest BCUT2D eigenvalue weighted by Crippen LogP contribution is -2.32. The third-order valence-corrected chi connectivity index (χ3v) is 6.18. The van der Waals surface area contributed by atoms with Gasteiger partial charge in [-0.05, 0) is 43.6 Å². The number of rotatable bonds is 6. The van der Waals surface area contributed by atoms with E-state index in [0.29, 0.717) is 5.92 Å². The molecular formula is C20H23ClN4S. The SMILES string of the molecule is Clc1ccc(CNc2cc(C3CCN(Cc4ccccc4)CC3)[nH]n2)s1. The maximum atomic E-state index is 5.98. The minimum Gasteiger partial charge on any atom is -0.364 e. The monoisotopic (exact) mass is 386 g/mol. The van der Waals surface area contributed by atoms with E-state index < -0.39 is 0 Å². The van der Waals surface area contributed by atoms with E-state index in [1.807, 2.05) is 6.07 Å². The molecule has 136 valence electrons. The van der Waals surface area contributed by atoms with Gasteiger partial charge in [-0.1, -0.05) is 41.9 Å². The van der Waals surface area contributed by atoms with E-state index in [-0.39, 0.29) is 0 Å². The summed E-state index contributed by atoms with van der Waals surface area (Å²) < 4.78 is 0.826. The average Bonchev–Trinajstić information content (AvgIpc) is 3.30. The van der Waals surface area contributed by atoms with Crippen LogP contribution in [0.4, 0.5) is 5.82 Å². The van der Waals surface area contributed by atoms with Crippen LogP contribution in [-0.2, 0) is 13.1 Å². The summed E-state index contributed by atoms with van der Waals surface area (Å²) in [5.41, 5.74) is 2.64. The van der Waals surface area contributed by atoms with E-state index in [2.05, 4.69) is 62.9 Å². The maximum absolute atomic E-state index is 5.98. The number of nitrogens with one attached hydrogen (secondary N) is 2. The van der Waals surface area contributed by atoms with Crippen LogP contribution < -0.4 is 5.32 Å². The molecule has 0 bridgehead atoms. The fourth-order valence-electron chi connectivity index (χ4n) is 3.50. The first-order chi connectivity index (χ1) is 12.8. The number of halogens is 1. The van der Waals surface area contributed by atoms with Crippen LogP contribution in [0.5, 0.6) is 0 Å². The Kier molecular flexibility index (Phi) is 5.58. The summed E-state index contributed by atoms with van der Waals surface area (Å²) in [5.74, 6) is 1.48. The van der Waals surface area contributed by atoms with E-state index in [0.717, 1.165) is 36.3 Å². The number of aromatic amines is 1. The molecule has 0 aliphatic carbocycles. The van der Waals surface area contributed by atoms with Gasteiger partial charge < -0.3 is 5.32 Å². The lowest BCUT2D eigenvalue weighted by molar-refractivity contribution is 0.203. The molecule has 0 spiro atoms. The molecule has 2 N–H and O–H groups in total. The van der Waals surface area contributed by atoms with Gasteiger partial charge in [-0.2, -0.15) is 5.10 Å². The minimum absolute atomic E-state index is 0.571. The molecular weight excluding hydrogens is 364 g/mol. The summed E-state index contributed by atoms with van der Waals surface area (Å²) in [6, 6.07) is 16.9. The zero-order valence-electron chi connectivity index (χ0n) is 14.6. The van der Waals surface area contributed by atoms with E-state index in [1.54, 1.807) is 11.3 Å². The van der Waals surface area contributed by atoms with E-state index in [4.69, 9.17) is 11.6 Å². The van der Waals surface area contributed by atoms with Crippen LogP contribution in [0.2, 0.25) is 4.34 Å². The molecule has 4 nitrogen and oxygen atoms in total. The largest absolute Gasteiger partial charge is 0.364 e. The van der Waals surface area contributed by atoms with Gasteiger partial charge in [-0.25, -0.2) is 0 Å². The van der Waals surface area contributed by atoms with Crippen LogP contribution in [0.15, 0.2) is 48.5 Å². The molecule has 0 amide bonds. The van der Waals surface area contributed by atoms with Gasteiger partial charge in [0, 0.05) is 29.1 Å². The van der Waals surface area contributed by atoms with Crippen molar-refractivity contribution in [1.29, 1.82) is 0 Å². The summed E-state index contributed by atoms with van der Waals surface area (Å²) in [6.07, 6.45) is 2.35. The molecule has 1 aromatic carbocycles. The van der Waals surface area contributed by atoms with Crippen LogP contribution in [0.1, 0.15) is 34.9 Å². The number of aromatic nitrogens is 2. The molecule has 2 aromatic heterocycles. The van der Waals surface area contributed by atoms with Crippen LogP contribution in [0.25, 0.3) is 0 Å². The molecule has 3 aromatic rings. The standard InChI is InChI=1S/C20H23ClN4S/c21-19-7-6-17(26-19)13-22-20-12-18(23-24-20)16-8-10-25(11-9-16)14-15-4-2-1-3-5-15/h1-7,12,16H,8-11,13-14H2,(H2,22,23,24). The lowest BCUT2D eigenvalue weighted by atomic mass is 9.93. The van der Waals surface area contributed by atoms with Gasteiger partial charge in [0.1, 0.15) is 5.82 Å². The fraction of sp³-hybridized carbons (Fsp3) is 0.350. The predicted molar refractivity (Wildman–Crippen MR) is 109 cm³/mol. The lowest BCUT2D eigenvalue weighted by Gasteiger charge is -2.31. The van der Waals surface area contributed by atoms with E-state index in [9.17, 15) is 0 Å². The Morgan fingerprint density at radius 1 is 1.15 bits per heavy atom. The second-order valence-corrected chi connectivity index (χ2v) is 8.60. The average molecular weight is 387 g/mol. The van der Waals surface area contributed by atoms with Gasteiger partial charge in [0.25, 0.3) is 0 Å². The van der Waals surface area contributed by atoms with Crippen molar-refractivity contribution < 1.29 is 0 Å². The predicted octanol–water partition coefficient (Wildman–Crippen LogP) is 5.12. The minimum atomic E-state index is 0.571. The number of nitrogens with zero attached hydrogens (tertiary/aromatic N) is 2. The van der Waals surface area contributed by atoms with Gasteiger partial charge in [-0.15, -0.1) is 11.3 Å². The first kappa shape index (κ1) is 17.6. The van der Waals surface area contributed by atoms with Gasteiger partial charge in [0.2, 0.25) is 0 Å². The van der Waals surface area contributed by atoms with Crippen molar-refractivity contribution in [2.45, 2.75) is 31.8 Å². The number of hydrogen-bond donors (Lipinski definition) is 2. The fourth-order valence-corrected chi connectivity index (χ4v) is 4.53. The number of anilines is 1. The number of likely N-dealkylation sites (tertiary alicyclic amines) is 1. The summed E-state index contributed by atoms with van der Waals surface area (Å²) in [4.78, 5) is 3.76. The first-order valence-corrected chi connectivity index (χ1v) is 10.3. The molecule has 3 heterocycles. The maximum Gasteiger partial charge on any atom is 0.148 e. The Bertz CT molecular complexity index is 821. The van der Waals surface area contributed by atoms with E-state index >= 15 is 0 Å². The third-order valence-electron chi connectivity index (χ3n) is 4.95. The Labute approximate surface area is 163 Å². The van der Waals surface area contributed by atoms with Gasteiger partial charge in [0.15, 0.2) is 0 Å².